The molecule has 150 valence electrons. The average Bonchev–Trinajstić information content (AvgIpc) is 2.69. The lowest BCUT2D eigenvalue weighted by atomic mass is 9.96. The van der Waals surface area contributed by atoms with Crippen molar-refractivity contribution >= 4 is 28.2 Å². The first-order valence-electron chi connectivity index (χ1n) is 9.47. The van der Waals surface area contributed by atoms with Crippen molar-refractivity contribution in [2.24, 2.45) is 5.92 Å². The molecule has 3 rings (SSSR count). The molecule has 1 atom stereocenters. The third-order valence-electron chi connectivity index (χ3n) is 5.13. The van der Waals surface area contributed by atoms with Crippen LogP contribution in [-0.2, 0) is 11.2 Å². The van der Waals surface area contributed by atoms with Crippen molar-refractivity contribution < 1.29 is 18.7 Å². The molecule has 1 N–H and O–H groups in total. The van der Waals surface area contributed by atoms with Gasteiger partial charge in [0.25, 0.3) is 0 Å². The Hall–Kier alpha value is -3.21. The van der Waals surface area contributed by atoms with E-state index < -0.39 is 5.82 Å². The molecule has 0 aliphatic carbocycles. The first kappa shape index (κ1) is 20.5. The SMILES string of the molecule is COc1ccc2cc(CC(C)C(=O)Nc3ccc(F)cc3C(C)=O)ccc2c1C. The van der Waals surface area contributed by atoms with Crippen LogP contribution in [0.5, 0.6) is 5.75 Å². The fraction of sp³-hybridized carbons (Fsp3) is 0.250. The van der Waals surface area contributed by atoms with Gasteiger partial charge in [-0.15, -0.1) is 0 Å². The first-order valence-corrected chi connectivity index (χ1v) is 9.47. The second kappa shape index (κ2) is 8.43. The summed E-state index contributed by atoms with van der Waals surface area (Å²) in [6.45, 7) is 5.20. The topological polar surface area (TPSA) is 55.4 Å². The number of nitrogens with one attached hydrogen (secondary N) is 1. The summed E-state index contributed by atoms with van der Waals surface area (Å²) < 4.78 is 18.8. The third kappa shape index (κ3) is 4.45. The quantitative estimate of drug-likeness (QED) is 0.577. The maximum atomic E-state index is 13.4. The fourth-order valence-electron chi connectivity index (χ4n) is 3.48. The van der Waals surface area contributed by atoms with Crippen molar-refractivity contribution in [3.8, 4) is 5.75 Å². The van der Waals surface area contributed by atoms with Gasteiger partial charge < -0.3 is 10.1 Å². The Balaban J connectivity index is 1.77. The Bertz CT molecular complexity index is 1090. The van der Waals surface area contributed by atoms with Crippen molar-refractivity contribution in [3.05, 3.63) is 71.0 Å². The number of halogens is 1. The van der Waals surface area contributed by atoms with Gasteiger partial charge in [-0.3, -0.25) is 9.59 Å². The minimum absolute atomic E-state index is 0.167. The van der Waals surface area contributed by atoms with E-state index in [1.807, 2.05) is 38.1 Å². The lowest BCUT2D eigenvalue weighted by molar-refractivity contribution is -0.119. The smallest absolute Gasteiger partial charge is 0.227 e. The number of hydrogen-bond acceptors (Lipinski definition) is 3. The zero-order valence-corrected chi connectivity index (χ0v) is 17.0. The number of carbonyl (C=O) groups excluding carboxylic acids is 2. The molecule has 29 heavy (non-hydrogen) atoms. The lowest BCUT2D eigenvalue weighted by Crippen LogP contribution is -2.23. The van der Waals surface area contributed by atoms with Gasteiger partial charge in [-0.2, -0.15) is 0 Å². The third-order valence-corrected chi connectivity index (χ3v) is 5.13. The van der Waals surface area contributed by atoms with Crippen LogP contribution in [0.25, 0.3) is 10.8 Å². The molecule has 0 fully saturated rings. The number of ether oxygens (including phenoxy) is 1. The molecular formula is C24H24FNO3. The van der Waals surface area contributed by atoms with Gasteiger partial charge in [-0.25, -0.2) is 4.39 Å². The molecule has 0 spiro atoms. The van der Waals surface area contributed by atoms with Crippen LogP contribution in [-0.4, -0.2) is 18.8 Å². The minimum atomic E-state index is -0.510. The Labute approximate surface area is 169 Å². The van der Waals surface area contributed by atoms with Gasteiger partial charge in [0.2, 0.25) is 5.91 Å². The molecule has 3 aromatic rings. The van der Waals surface area contributed by atoms with Gasteiger partial charge in [0.05, 0.1) is 12.8 Å². The van der Waals surface area contributed by atoms with Crippen LogP contribution in [0.4, 0.5) is 10.1 Å². The summed E-state index contributed by atoms with van der Waals surface area (Å²) in [5.41, 5.74) is 2.61. The van der Waals surface area contributed by atoms with Crippen LogP contribution in [0.1, 0.15) is 35.3 Å². The van der Waals surface area contributed by atoms with Crippen LogP contribution in [0.2, 0.25) is 0 Å². The predicted molar refractivity (Wildman–Crippen MR) is 113 cm³/mol. The number of methoxy groups -OCH3 is 1. The molecule has 4 nitrogen and oxygen atoms in total. The van der Waals surface area contributed by atoms with Gasteiger partial charge in [-0.05, 0) is 66.4 Å². The zero-order chi connectivity index (χ0) is 21.1. The number of fused-ring (bicyclic) bond motifs is 1. The Morgan fingerprint density at radius 3 is 2.55 bits per heavy atom. The number of ketones is 1. The zero-order valence-electron chi connectivity index (χ0n) is 17.0. The highest BCUT2D eigenvalue weighted by Crippen LogP contribution is 2.28. The van der Waals surface area contributed by atoms with E-state index in [1.54, 1.807) is 7.11 Å². The molecular weight excluding hydrogens is 369 g/mol. The largest absolute Gasteiger partial charge is 0.496 e. The van der Waals surface area contributed by atoms with Gasteiger partial charge >= 0.3 is 0 Å². The Morgan fingerprint density at radius 1 is 1.10 bits per heavy atom. The summed E-state index contributed by atoms with van der Waals surface area (Å²) in [6.07, 6.45) is 0.545. The van der Waals surface area contributed by atoms with Crippen LogP contribution in [0.15, 0.2) is 48.5 Å². The summed E-state index contributed by atoms with van der Waals surface area (Å²) in [7, 11) is 1.65. The van der Waals surface area contributed by atoms with E-state index >= 15 is 0 Å². The van der Waals surface area contributed by atoms with Crippen LogP contribution >= 0.6 is 0 Å². The average molecular weight is 393 g/mol. The molecule has 5 heteroatoms. The molecule has 1 unspecified atom stereocenters. The number of amides is 1. The number of hydrogen-bond donors (Lipinski definition) is 1. The number of rotatable bonds is 6. The van der Waals surface area contributed by atoms with Gasteiger partial charge in [-0.1, -0.05) is 31.2 Å². The summed E-state index contributed by atoms with van der Waals surface area (Å²) in [5.74, 6) is -0.502. The molecule has 0 radical (unpaired) electrons. The minimum Gasteiger partial charge on any atom is -0.496 e. The van der Waals surface area contributed by atoms with E-state index in [0.29, 0.717) is 12.1 Å². The maximum absolute atomic E-state index is 13.4. The standard InChI is InChI=1S/C24H24FNO3/c1-14(24(28)26-22-9-7-19(25)13-21(22)16(3)27)11-17-5-8-20-15(2)23(29-4)10-6-18(20)12-17/h5-10,12-14H,11H2,1-4H3,(H,26,28). The molecule has 0 aliphatic rings. The molecule has 0 saturated carbocycles. The summed E-state index contributed by atoms with van der Waals surface area (Å²) in [6, 6.07) is 13.9. The molecule has 0 aliphatic heterocycles. The van der Waals surface area contributed by atoms with Gasteiger partial charge in [0.1, 0.15) is 11.6 Å². The van der Waals surface area contributed by atoms with Gasteiger partial charge in [0, 0.05) is 11.5 Å². The molecule has 3 aromatic carbocycles. The predicted octanol–water partition coefficient (Wildman–Crippen LogP) is 5.32. The van der Waals surface area contributed by atoms with Crippen molar-refractivity contribution in [2.75, 3.05) is 12.4 Å². The number of benzene rings is 3. The van der Waals surface area contributed by atoms with Crippen LogP contribution in [0, 0.1) is 18.7 Å². The first-order chi connectivity index (χ1) is 13.8. The van der Waals surface area contributed by atoms with Gasteiger partial charge in [0.15, 0.2) is 5.78 Å². The van der Waals surface area contributed by atoms with E-state index in [1.165, 1.54) is 19.1 Å². The lowest BCUT2D eigenvalue weighted by Gasteiger charge is -2.15. The maximum Gasteiger partial charge on any atom is 0.227 e. The fourth-order valence-corrected chi connectivity index (χ4v) is 3.48. The Kier molecular flexibility index (Phi) is 5.97. The molecule has 1 amide bonds. The highest BCUT2D eigenvalue weighted by atomic mass is 19.1. The molecule has 0 bridgehead atoms. The molecule has 0 heterocycles. The van der Waals surface area contributed by atoms with E-state index in [0.717, 1.165) is 33.7 Å². The second-order valence-electron chi connectivity index (χ2n) is 7.29. The van der Waals surface area contributed by atoms with Crippen molar-refractivity contribution in [3.63, 3.8) is 0 Å². The van der Waals surface area contributed by atoms with Crippen molar-refractivity contribution in [2.45, 2.75) is 27.2 Å². The highest BCUT2D eigenvalue weighted by molar-refractivity contribution is 6.04. The second-order valence-corrected chi connectivity index (χ2v) is 7.29. The summed E-state index contributed by atoms with van der Waals surface area (Å²) in [4.78, 5) is 24.4. The van der Waals surface area contributed by atoms with E-state index in [2.05, 4.69) is 11.4 Å². The van der Waals surface area contributed by atoms with Crippen LogP contribution < -0.4 is 10.1 Å². The number of anilines is 1. The summed E-state index contributed by atoms with van der Waals surface area (Å²) >= 11 is 0. The Morgan fingerprint density at radius 2 is 1.86 bits per heavy atom. The van der Waals surface area contributed by atoms with E-state index in [9.17, 15) is 14.0 Å². The van der Waals surface area contributed by atoms with Crippen LogP contribution in [0.3, 0.4) is 0 Å². The number of carbonyl (C=O) groups is 2. The molecule has 0 aromatic heterocycles. The molecule has 0 saturated heterocycles. The monoisotopic (exact) mass is 393 g/mol. The van der Waals surface area contributed by atoms with Crippen molar-refractivity contribution in [1.82, 2.24) is 0 Å². The number of aryl methyl sites for hydroxylation is 1. The summed E-state index contributed by atoms with van der Waals surface area (Å²) in [5, 5.41) is 4.96. The highest BCUT2D eigenvalue weighted by Gasteiger charge is 2.17. The van der Waals surface area contributed by atoms with Crippen molar-refractivity contribution in [1.29, 1.82) is 0 Å². The van der Waals surface area contributed by atoms with E-state index in [-0.39, 0.29) is 23.2 Å². The van der Waals surface area contributed by atoms with E-state index in [4.69, 9.17) is 4.74 Å². The normalized spacial score (nSPS) is 11.9. The number of Topliss-reactive ketones (excluding diaryl/α,β-unsaturated/α-hetero) is 1.